The molecule has 1 aromatic heterocycles. The molecule has 0 saturated carbocycles. The predicted molar refractivity (Wildman–Crippen MR) is 53.6 cm³/mol. The Balaban J connectivity index is 2.95. The lowest BCUT2D eigenvalue weighted by atomic mass is 9.98. The van der Waals surface area contributed by atoms with Gasteiger partial charge in [0.15, 0.2) is 5.60 Å². The normalized spacial score (nSPS) is 14.5. The van der Waals surface area contributed by atoms with Gasteiger partial charge in [-0.2, -0.15) is 0 Å². The number of carbonyl (C=O) groups excluding carboxylic acids is 1. The molecule has 0 aliphatic rings. The fourth-order valence-corrected chi connectivity index (χ4v) is 1.30. The lowest BCUT2D eigenvalue weighted by Gasteiger charge is -2.26. The van der Waals surface area contributed by atoms with Crippen LogP contribution >= 0.6 is 0 Å². The predicted octanol–water partition coefficient (Wildman–Crippen LogP) is 2.27. The maximum atomic E-state index is 10.9. The molecule has 76 valence electrons. The Bertz CT molecular complexity index is 310. The van der Waals surface area contributed by atoms with Gasteiger partial charge in [-0.3, -0.25) is 9.78 Å². The van der Waals surface area contributed by atoms with Gasteiger partial charge in [-0.15, -0.1) is 0 Å². The van der Waals surface area contributed by atoms with E-state index in [0.29, 0.717) is 6.42 Å². The van der Waals surface area contributed by atoms with Crippen LogP contribution in [-0.4, -0.2) is 11.0 Å². The first kappa shape index (κ1) is 10.7. The smallest absolute Gasteiger partial charge is 0.303 e. The van der Waals surface area contributed by atoms with Gasteiger partial charge in [0.25, 0.3) is 0 Å². The van der Waals surface area contributed by atoms with Gasteiger partial charge in [0, 0.05) is 13.1 Å². The molecule has 14 heavy (non-hydrogen) atoms. The number of pyridine rings is 1. The van der Waals surface area contributed by atoms with Crippen LogP contribution in [0.4, 0.5) is 0 Å². The number of nitrogens with zero attached hydrogens (tertiary/aromatic N) is 1. The lowest BCUT2D eigenvalue weighted by Crippen LogP contribution is -2.28. The van der Waals surface area contributed by atoms with E-state index in [-0.39, 0.29) is 5.97 Å². The molecule has 1 aromatic rings. The van der Waals surface area contributed by atoms with E-state index in [2.05, 4.69) is 4.98 Å². The zero-order chi connectivity index (χ0) is 10.6. The van der Waals surface area contributed by atoms with Crippen molar-refractivity contribution in [2.75, 3.05) is 0 Å². The van der Waals surface area contributed by atoms with Crippen molar-refractivity contribution in [2.45, 2.75) is 32.8 Å². The third kappa shape index (κ3) is 2.31. The van der Waals surface area contributed by atoms with Crippen LogP contribution in [0.2, 0.25) is 0 Å². The molecule has 0 spiro atoms. The number of ether oxygens (including phenoxy) is 1. The van der Waals surface area contributed by atoms with Gasteiger partial charge >= 0.3 is 5.97 Å². The Hall–Kier alpha value is -1.38. The molecule has 1 heterocycles. The Labute approximate surface area is 84.1 Å². The zero-order valence-electron chi connectivity index (χ0n) is 8.78. The highest BCUT2D eigenvalue weighted by atomic mass is 16.6. The number of esters is 1. The second-order valence-electron chi connectivity index (χ2n) is 3.39. The van der Waals surface area contributed by atoms with Crippen LogP contribution in [0.1, 0.15) is 32.9 Å². The lowest BCUT2D eigenvalue weighted by molar-refractivity contribution is -0.157. The van der Waals surface area contributed by atoms with E-state index >= 15 is 0 Å². The SMILES string of the molecule is CCC(C)(OC(C)=O)c1ccccn1. The minimum atomic E-state index is -0.604. The van der Waals surface area contributed by atoms with Crippen molar-refractivity contribution in [2.24, 2.45) is 0 Å². The molecule has 0 aromatic carbocycles. The van der Waals surface area contributed by atoms with Crippen LogP contribution in [0, 0.1) is 0 Å². The minimum Gasteiger partial charge on any atom is -0.453 e. The van der Waals surface area contributed by atoms with E-state index in [4.69, 9.17) is 4.74 Å². The number of hydrogen-bond acceptors (Lipinski definition) is 3. The van der Waals surface area contributed by atoms with Crippen LogP contribution in [0.3, 0.4) is 0 Å². The van der Waals surface area contributed by atoms with Gasteiger partial charge in [0.2, 0.25) is 0 Å². The highest BCUT2D eigenvalue weighted by molar-refractivity contribution is 5.66. The Kier molecular flexibility index (Phi) is 3.23. The van der Waals surface area contributed by atoms with Crippen LogP contribution < -0.4 is 0 Å². The number of carbonyl (C=O) groups is 1. The first-order chi connectivity index (χ1) is 6.58. The summed E-state index contributed by atoms with van der Waals surface area (Å²) in [6, 6.07) is 5.60. The maximum absolute atomic E-state index is 10.9. The molecule has 0 aliphatic heterocycles. The fraction of sp³-hybridized carbons (Fsp3) is 0.455. The van der Waals surface area contributed by atoms with Crippen molar-refractivity contribution in [1.29, 1.82) is 0 Å². The van der Waals surface area contributed by atoms with Gasteiger partial charge in [-0.25, -0.2) is 0 Å². The highest BCUT2D eigenvalue weighted by Gasteiger charge is 2.28. The van der Waals surface area contributed by atoms with E-state index in [1.165, 1.54) is 6.92 Å². The number of aromatic nitrogens is 1. The van der Waals surface area contributed by atoms with Gasteiger partial charge in [-0.05, 0) is 25.5 Å². The average molecular weight is 193 g/mol. The highest BCUT2D eigenvalue weighted by Crippen LogP contribution is 2.26. The molecule has 3 heteroatoms. The summed E-state index contributed by atoms with van der Waals surface area (Å²) in [4.78, 5) is 15.1. The molecule has 0 radical (unpaired) electrons. The molecule has 0 N–H and O–H groups in total. The van der Waals surface area contributed by atoms with E-state index in [9.17, 15) is 4.79 Å². The van der Waals surface area contributed by atoms with Crippen molar-refractivity contribution >= 4 is 5.97 Å². The first-order valence-corrected chi connectivity index (χ1v) is 4.69. The van der Waals surface area contributed by atoms with Gasteiger partial charge in [-0.1, -0.05) is 13.0 Å². The van der Waals surface area contributed by atoms with Crippen molar-refractivity contribution in [3.63, 3.8) is 0 Å². The summed E-state index contributed by atoms with van der Waals surface area (Å²) in [6.07, 6.45) is 2.41. The average Bonchev–Trinajstić information content (AvgIpc) is 2.18. The largest absolute Gasteiger partial charge is 0.453 e. The zero-order valence-corrected chi connectivity index (χ0v) is 8.78. The molecular weight excluding hydrogens is 178 g/mol. The van der Waals surface area contributed by atoms with Gasteiger partial charge < -0.3 is 4.74 Å². The summed E-state index contributed by atoms with van der Waals surface area (Å²) >= 11 is 0. The summed E-state index contributed by atoms with van der Waals surface area (Å²) in [7, 11) is 0. The fourth-order valence-electron chi connectivity index (χ4n) is 1.30. The Morgan fingerprint density at radius 1 is 1.57 bits per heavy atom. The molecular formula is C11H15NO2. The second-order valence-corrected chi connectivity index (χ2v) is 3.39. The molecule has 0 fully saturated rings. The van der Waals surface area contributed by atoms with E-state index < -0.39 is 5.60 Å². The maximum Gasteiger partial charge on any atom is 0.303 e. The van der Waals surface area contributed by atoms with E-state index in [0.717, 1.165) is 5.69 Å². The number of rotatable bonds is 3. The molecule has 1 rings (SSSR count). The van der Waals surface area contributed by atoms with Crippen LogP contribution in [0.5, 0.6) is 0 Å². The Morgan fingerprint density at radius 2 is 2.29 bits per heavy atom. The molecule has 1 unspecified atom stereocenters. The van der Waals surface area contributed by atoms with Gasteiger partial charge in [0.05, 0.1) is 5.69 Å². The van der Waals surface area contributed by atoms with Gasteiger partial charge in [0.1, 0.15) is 0 Å². The van der Waals surface area contributed by atoms with Crippen LogP contribution in [-0.2, 0) is 15.1 Å². The summed E-state index contributed by atoms with van der Waals surface area (Å²) in [5.41, 5.74) is 0.185. The van der Waals surface area contributed by atoms with Crippen molar-refractivity contribution in [1.82, 2.24) is 4.98 Å². The van der Waals surface area contributed by atoms with E-state index in [1.807, 2.05) is 32.0 Å². The minimum absolute atomic E-state index is 0.278. The molecule has 0 bridgehead atoms. The summed E-state index contributed by atoms with van der Waals surface area (Å²) < 4.78 is 5.27. The topological polar surface area (TPSA) is 39.2 Å². The standard InChI is InChI=1S/C11H15NO2/c1-4-11(3,14-9(2)13)10-7-5-6-8-12-10/h5-8H,4H2,1-3H3. The first-order valence-electron chi connectivity index (χ1n) is 4.69. The van der Waals surface area contributed by atoms with Crippen molar-refractivity contribution < 1.29 is 9.53 Å². The van der Waals surface area contributed by atoms with Crippen LogP contribution in [0.15, 0.2) is 24.4 Å². The number of hydrogen-bond donors (Lipinski definition) is 0. The Morgan fingerprint density at radius 3 is 2.71 bits per heavy atom. The molecule has 3 nitrogen and oxygen atoms in total. The summed E-state index contributed by atoms with van der Waals surface area (Å²) in [5, 5.41) is 0. The molecule has 1 atom stereocenters. The molecule has 0 amide bonds. The summed E-state index contributed by atoms with van der Waals surface area (Å²) in [6.45, 7) is 5.26. The summed E-state index contributed by atoms with van der Waals surface area (Å²) in [5.74, 6) is -0.278. The van der Waals surface area contributed by atoms with Crippen molar-refractivity contribution in [3.8, 4) is 0 Å². The third-order valence-electron chi connectivity index (χ3n) is 2.25. The van der Waals surface area contributed by atoms with Crippen LogP contribution in [0.25, 0.3) is 0 Å². The second kappa shape index (κ2) is 4.22. The van der Waals surface area contributed by atoms with E-state index in [1.54, 1.807) is 6.20 Å². The molecule has 0 saturated heterocycles. The quantitative estimate of drug-likeness (QED) is 0.691. The monoisotopic (exact) mass is 193 g/mol. The molecule has 0 aliphatic carbocycles. The third-order valence-corrected chi connectivity index (χ3v) is 2.25. The van der Waals surface area contributed by atoms with Crippen molar-refractivity contribution in [3.05, 3.63) is 30.1 Å².